The number of carbonyl (C=O) groups is 1. The van der Waals surface area contributed by atoms with Gasteiger partial charge in [0.25, 0.3) is 0 Å². The van der Waals surface area contributed by atoms with Crippen LogP contribution in [0.15, 0.2) is 61.2 Å². The SMILES string of the molecule is O=C1CCCN1c1ccc(-c2cncc(-c3c(OC4CCOCC4)cnc4[nH]ccc34)c2)cc1. The molecule has 4 aromatic rings. The van der Waals surface area contributed by atoms with Gasteiger partial charge < -0.3 is 19.4 Å². The van der Waals surface area contributed by atoms with Gasteiger partial charge in [0.1, 0.15) is 17.5 Å². The number of hydrogen-bond acceptors (Lipinski definition) is 5. The first-order chi connectivity index (χ1) is 16.8. The molecule has 5 heterocycles. The molecular formula is C27H26N4O3. The number of fused-ring (bicyclic) bond motifs is 1. The number of H-pyrrole nitrogens is 1. The summed E-state index contributed by atoms with van der Waals surface area (Å²) in [6.45, 7) is 2.23. The zero-order valence-electron chi connectivity index (χ0n) is 18.9. The number of rotatable bonds is 5. The number of nitrogens with one attached hydrogen (secondary N) is 1. The van der Waals surface area contributed by atoms with Crippen molar-refractivity contribution >= 4 is 22.6 Å². The van der Waals surface area contributed by atoms with Gasteiger partial charge in [0.2, 0.25) is 5.91 Å². The van der Waals surface area contributed by atoms with Crippen molar-refractivity contribution in [2.75, 3.05) is 24.7 Å². The Hall–Kier alpha value is -3.71. The number of aromatic nitrogens is 3. The smallest absolute Gasteiger partial charge is 0.227 e. The van der Waals surface area contributed by atoms with Gasteiger partial charge in [-0.1, -0.05) is 12.1 Å². The average Bonchev–Trinajstić information content (AvgIpc) is 3.54. The van der Waals surface area contributed by atoms with Crippen LogP contribution in [0.5, 0.6) is 5.75 Å². The highest BCUT2D eigenvalue weighted by Crippen LogP contribution is 2.38. The first-order valence-electron chi connectivity index (χ1n) is 11.8. The summed E-state index contributed by atoms with van der Waals surface area (Å²) in [5, 5.41) is 1.01. The van der Waals surface area contributed by atoms with Gasteiger partial charge in [0.05, 0.1) is 19.4 Å². The number of nitrogens with zero attached hydrogens (tertiary/aromatic N) is 3. The molecule has 7 heteroatoms. The van der Waals surface area contributed by atoms with Crippen LogP contribution in [0.2, 0.25) is 0 Å². The molecule has 0 aliphatic carbocycles. The minimum atomic E-state index is 0.114. The zero-order chi connectivity index (χ0) is 22.9. The molecule has 2 saturated heterocycles. The lowest BCUT2D eigenvalue weighted by Gasteiger charge is -2.24. The van der Waals surface area contributed by atoms with E-state index in [1.54, 1.807) is 6.20 Å². The summed E-state index contributed by atoms with van der Waals surface area (Å²) in [7, 11) is 0. The van der Waals surface area contributed by atoms with Gasteiger partial charge in [0, 0.05) is 72.2 Å². The van der Waals surface area contributed by atoms with Gasteiger partial charge in [-0.2, -0.15) is 0 Å². The van der Waals surface area contributed by atoms with Crippen molar-refractivity contribution in [3.05, 3.63) is 61.2 Å². The number of hydrogen-bond donors (Lipinski definition) is 1. The summed E-state index contributed by atoms with van der Waals surface area (Å²) in [5.41, 5.74) is 5.80. The molecule has 1 aromatic carbocycles. The van der Waals surface area contributed by atoms with E-state index in [1.165, 1.54) is 0 Å². The van der Waals surface area contributed by atoms with Crippen molar-refractivity contribution in [3.8, 4) is 28.0 Å². The van der Waals surface area contributed by atoms with Gasteiger partial charge in [0.15, 0.2) is 0 Å². The van der Waals surface area contributed by atoms with E-state index in [1.807, 2.05) is 41.7 Å². The van der Waals surface area contributed by atoms with Crippen LogP contribution in [0, 0.1) is 0 Å². The highest BCUT2D eigenvalue weighted by atomic mass is 16.5. The second-order valence-corrected chi connectivity index (χ2v) is 8.83. The highest BCUT2D eigenvalue weighted by Gasteiger charge is 2.22. The van der Waals surface area contributed by atoms with E-state index in [2.05, 4.69) is 33.2 Å². The molecule has 2 fully saturated rings. The van der Waals surface area contributed by atoms with Gasteiger partial charge in [-0.25, -0.2) is 4.98 Å². The highest BCUT2D eigenvalue weighted by molar-refractivity contribution is 5.97. The lowest BCUT2D eigenvalue weighted by Crippen LogP contribution is -2.26. The van der Waals surface area contributed by atoms with Crippen molar-refractivity contribution in [2.24, 2.45) is 0 Å². The molecule has 6 rings (SSSR count). The molecule has 0 radical (unpaired) electrons. The Bertz CT molecular complexity index is 1330. The number of carbonyl (C=O) groups excluding carboxylic acids is 1. The molecule has 7 nitrogen and oxygen atoms in total. The van der Waals surface area contributed by atoms with E-state index in [0.29, 0.717) is 6.42 Å². The number of anilines is 1. The van der Waals surface area contributed by atoms with E-state index in [4.69, 9.17) is 9.47 Å². The van der Waals surface area contributed by atoms with Crippen LogP contribution < -0.4 is 9.64 Å². The van der Waals surface area contributed by atoms with Crippen LogP contribution in [0.1, 0.15) is 25.7 Å². The molecule has 0 spiro atoms. The summed E-state index contributed by atoms with van der Waals surface area (Å²) in [6, 6.07) is 12.3. The molecule has 0 bridgehead atoms. The second kappa shape index (κ2) is 8.91. The van der Waals surface area contributed by atoms with Crippen LogP contribution in [-0.2, 0) is 9.53 Å². The number of aromatic amines is 1. The van der Waals surface area contributed by atoms with E-state index in [-0.39, 0.29) is 12.0 Å². The zero-order valence-corrected chi connectivity index (χ0v) is 18.9. The maximum absolute atomic E-state index is 12.1. The maximum atomic E-state index is 12.1. The summed E-state index contributed by atoms with van der Waals surface area (Å²) < 4.78 is 11.9. The minimum absolute atomic E-state index is 0.114. The van der Waals surface area contributed by atoms with Crippen molar-refractivity contribution in [1.82, 2.24) is 15.0 Å². The predicted molar refractivity (Wildman–Crippen MR) is 131 cm³/mol. The Morgan fingerprint density at radius 2 is 1.82 bits per heavy atom. The Morgan fingerprint density at radius 3 is 2.62 bits per heavy atom. The third kappa shape index (κ3) is 3.92. The van der Waals surface area contributed by atoms with Crippen LogP contribution in [0.4, 0.5) is 5.69 Å². The van der Waals surface area contributed by atoms with Gasteiger partial charge in [-0.15, -0.1) is 0 Å². The van der Waals surface area contributed by atoms with Gasteiger partial charge in [-0.3, -0.25) is 9.78 Å². The first-order valence-corrected chi connectivity index (χ1v) is 11.8. The predicted octanol–water partition coefficient (Wildman–Crippen LogP) is 4.98. The molecule has 1 N–H and O–H groups in total. The molecular weight excluding hydrogens is 428 g/mol. The molecule has 172 valence electrons. The Balaban J connectivity index is 1.36. The average molecular weight is 455 g/mol. The first kappa shape index (κ1) is 20.9. The Labute approximate surface area is 197 Å². The van der Waals surface area contributed by atoms with E-state index >= 15 is 0 Å². The standard InChI is InChI=1S/C27H26N4O3/c32-25-2-1-11-31(25)21-5-3-18(4-6-21)19-14-20(16-28-15-19)26-23-7-10-29-27(23)30-17-24(26)34-22-8-12-33-13-9-22/h3-7,10,14-17,22H,1-2,8-9,11-13H2,(H,29,30). The molecule has 2 aliphatic rings. The molecule has 0 saturated carbocycles. The monoisotopic (exact) mass is 454 g/mol. The summed E-state index contributed by atoms with van der Waals surface area (Å²) in [6.07, 6.45) is 10.8. The fraction of sp³-hybridized carbons (Fsp3) is 0.296. The molecule has 1 amide bonds. The van der Waals surface area contributed by atoms with Gasteiger partial charge >= 0.3 is 0 Å². The summed E-state index contributed by atoms with van der Waals surface area (Å²) in [4.78, 5) is 26.3. The Kier molecular flexibility index (Phi) is 5.47. The minimum Gasteiger partial charge on any atom is -0.488 e. The molecule has 34 heavy (non-hydrogen) atoms. The number of pyridine rings is 2. The molecule has 0 atom stereocenters. The van der Waals surface area contributed by atoms with Crippen LogP contribution in [0.3, 0.4) is 0 Å². The number of ether oxygens (including phenoxy) is 2. The summed E-state index contributed by atoms with van der Waals surface area (Å²) in [5.74, 6) is 0.961. The maximum Gasteiger partial charge on any atom is 0.227 e. The van der Waals surface area contributed by atoms with Crippen molar-refractivity contribution in [3.63, 3.8) is 0 Å². The fourth-order valence-corrected chi connectivity index (χ4v) is 4.84. The van der Waals surface area contributed by atoms with Gasteiger partial charge in [-0.05, 0) is 36.2 Å². The third-order valence-electron chi connectivity index (χ3n) is 6.63. The van der Waals surface area contributed by atoms with Crippen LogP contribution in [0.25, 0.3) is 33.3 Å². The topological polar surface area (TPSA) is 80.3 Å². The fourth-order valence-electron chi connectivity index (χ4n) is 4.84. The van der Waals surface area contributed by atoms with Crippen molar-refractivity contribution in [2.45, 2.75) is 31.8 Å². The molecule has 0 unspecified atom stereocenters. The summed E-state index contributed by atoms with van der Waals surface area (Å²) >= 11 is 0. The number of benzene rings is 1. The number of amides is 1. The second-order valence-electron chi connectivity index (χ2n) is 8.83. The van der Waals surface area contributed by atoms with Crippen molar-refractivity contribution < 1.29 is 14.3 Å². The lowest BCUT2D eigenvalue weighted by atomic mass is 9.99. The Morgan fingerprint density at radius 1 is 1.00 bits per heavy atom. The molecule has 2 aliphatic heterocycles. The van der Waals surface area contributed by atoms with E-state index < -0.39 is 0 Å². The quantitative estimate of drug-likeness (QED) is 0.460. The third-order valence-corrected chi connectivity index (χ3v) is 6.63. The van der Waals surface area contributed by atoms with Crippen molar-refractivity contribution in [1.29, 1.82) is 0 Å². The van der Waals surface area contributed by atoms with E-state index in [0.717, 1.165) is 83.7 Å². The van der Waals surface area contributed by atoms with E-state index in [9.17, 15) is 4.79 Å². The normalized spacial score (nSPS) is 16.9. The van der Waals surface area contributed by atoms with Crippen LogP contribution in [-0.4, -0.2) is 46.7 Å². The largest absolute Gasteiger partial charge is 0.488 e. The lowest BCUT2D eigenvalue weighted by molar-refractivity contribution is -0.117. The molecule has 3 aromatic heterocycles. The van der Waals surface area contributed by atoms with Crippen LogP contribution >= 0.6 is 0 Å².